The van der Waals surface area contributed by atoms with Gasteiger partial charge in [0.2, 0.25) is 5.91 Å². The Balaban J connectivity index is 0.00000200. The van der Waals surface area contributed by atoms with Crippen LogP contribution in [0.3, 0.4) is 0 Å². The first-order valence-corrected chi connectivity index (χ1v) is 7.27. The van der Waals surface area contributed by atoms with Crippen LogP contribution < -0.4 is 16.0 Å². The van der Waals surface area contributed by atoms with Gasteiger partial charge in [0.15, 0.2) is 0 Å². The van der Waals surface area contributed by atoms with Crippen LogP contribution in [0.4, 0.5) is 4.79 Å². The molecule has 1 saturated heterocycles. The van der Waals surface area contributed by atoms with Crippen LogP contribution in [0.1, 0.15) is 32.1 Å². The van der Waals surface area contributed by atoms with Crippen LogP contribution >= 0.6 is 24.8 Å². The summed E-state index contributed by atoms with van der Waals surface area (Å²) in [6.45, 7) is 3.83. The summed E-state index contributed by atoms with van der Waals surface area (Å²) < 4.78 is 0. The van der Waals surface area contributed by atoms with Crippen LogP contribution in [0, 0.1) is 0 Å². The van der Waals surface area contributed by atoms with Crippen LogP contribution in [0.25, 0.3) is 0 Å². The molecule has 2 rings (SSSR count). The lowest BCUT2D eigenvalue weighted by Gasteiger charge is -2.26. The van der Waals surface area contributed by atoms with Crippen molar-refractivity contribution in [1.29, 1.82) is 0 Å². The quantitative estimate of drug-likeness (QED) is 0.713. The molecule has 1 aliphatic carbocycles. The SMILES string of the molecule is Cl.Cl.O=C(CN1CCNCC1)NC(=O)NC1CCCCC1. The van der Waals surface area contributed by atoms with E-state index >= 15 is 0 Å². The summed E-state index contributed by atoms with van der Waals surface area (Å²) in [5.74, 6) is -0.213. The summed E-state index contributed by atoms with van der Waals surface area (Å²) in [5.41, 5.74) is 0. The molecule has 0 spiro atoms. The first-order chi connectivity index (χ1) is 9.24. The molecule has 0 radical (unpaired) electrons. The number of amides is 3. The highest BCUT2D eigenvalue weighted by molar-refractivity contribution is 5.95. The van der Waals surface area contributed by atoms with Gasteiger partial charge in [0.25, 0.3) is 0 Å². The summed E-state index contributed by atoms with van der Waals surface area (Å²) in [7, 11) is 0. The zero-order valence-electron chi connectivity index (χ0n) is 12.2. The Morgan fingerprint density at radius 1 is 1.05 bits per heavy atom. The van der Waals surface area contributed by atoms with Gasteiger partial charge in [0, 0.05) is 32.2 Å². The Labute approximate surface area is 138 Å². The molecule has 1 saturated carbocycles. The standard InChI is InChI=1S/C13H24N4O2.2ClH/c18-12(10-17-8-6-14-7-9-17)16-13(19)15-11-4-2-1-3-5-11;;/h11,14H,1-10H2,(H2,15,16,18,19);2*1H. The average molecular weight is 341 g/mol. The van der Waals surface area contributed by atoms with Crippen LogP contribution in [0.2, 0.25) is 0 Å². The number of halogens is 2. The smallest absolute Gasteiger partial charge is 0.321 e. The van der Waals surface area contributed by atoms with Crippen molar-refractivity contribution in [1.82, 2.24) is 20.9 Å². The number of rotatable bonds is 3. The predicted octanol–water partition coefficient (Wildman–Crippen LogP) is 0.894. The molecule has 124 valence electrons. The second kappa shape index (κ2) is 11.1. The molecule has 3 N–H and O–H groups in total. The molecule has 2 aliphatic rings. The van der Waals surface area contributed by atoms with Gasteiger partial charge in [0.1, 0.15) is 0 Å². The molecular formula is C13H26Cl2N4O2. The number of imide groups is 1. The van der Waals surface area contributed by atoms with Gasteiger partial charge < -0.3 is 10.6 Å². The monoisotopic (exact) mass is 340 g/mol. The van der Waals surface area contributed by atoms with Gasteiger partial charge >= 0.3 is 6.03 Å². The number of carbonyl (C=O) groups excluding carboxylic acids is 2. The van der Waals surface area contributed by atoms with E-state index in [1.54, 1.807) is 0 Å². The van der Waals surface area contributed by atoms with Crippen LogP contribution in [0.5, 0.6) is 0 Å². The molecule has 2 fully saturated rings. The number of urea groups is 1. The second-order valence-corrected chi connectivity index (χ2v) is 5.38. The molecule has 3 amide bonds. The fourth-order valence-corrected chi connectivity index (χ4v) is 2.71. The summed E-state index contributed by atoms with van der Waals surface area (Å²) in [5, 5.41) is 8.54. The highest BCUT2D eigenvalue weighted by Gasteiger charge is 2.18. The highest BCUT2D eigenvalue weighted by atomic mass is 35.5. The third-order valence-corrected chi connectivity index (χ3v) is 3.77. The molecule has 0 unspecified atom stereocenters. The van der Waals surface area contributed by atoms with Crippen molar-refractivity contribution in [3.05, 3.63) is 0 Å². The Morgan fingerprint density at radius 3 is 2.29 bits per heavy atom. The van der Waals surface area contributed by atoms with E-state index in [1.165, 1.54) is 19.3 Å². The minimum Gasteiger partial charge on any atom is -0.335 e. The number of piperazine rings is 1. The molecule has 0 aromatic carbocycles. The first kappa shape index (κ1) is 20.4. The molecule has 0 bridgehead atoms. The van der Waals surface area contributed by atoms with Crippen molar-refractivity contribution >= 4 is 36.8 Å². The molecule has 21 heavy (non-hydrogen) atoms. The molecule has 1 aliphatic heterocycles. The number of hydrogen-bond acceptors (Lipinski definition) is 4. The Kier molecular flexibility index (Phi) is 10.8. The van der Waals surface area contributed by atoms with Gasteiger partial charge in [-0.05, 0) is 12.8 Å². The fraction of sp³-hybridized carbons (Fsp3) is 0.846. The second-order valence-electron chi connectivity index (χ2n) is 5.38. The summed E-state index contributed by atoms with van der Waals surface area (Å²) in [6.07, 6.45) is 5.64. The molecule has 0 aromatic rings. The maximum Gasteiger partial charge on any atom is 0.321 e. The largest absolute Gasteiger partial charge is 0.335 e. The summed E-state index contributed by atoms with van der Waals surface area (Å²) in [4.78, 5) is 25.5. The minimum atomic E-state index is -0.341. The average Bonchev–Trinajstić information content (AvgIpc) is 2.40. The van der Waals surface area contributed by atoms with Gasteiger partial charge in [-0.2, -0.15) is 0 Å². The van der Waals surface area contributed by atoms with Crippen molar-refractivity contribution in [2.45, 2.75) is 38.1 Å². The van der Waals surface area contributed by atoms with E-state index in [0.717, 1.165) is 39.0 Å². The Hall–Kier alpha value is -0.560. The van der Waals surface area contributed by atoms with Crippen LogP contribution in [-0.2, 0) is 4.79 Å². The van der Waals surface area contributed by atoms with Gasteiger partial charge in [-0.3, -0.25) is 15.0 Å². The van der Waals surface area contributed by atoms with Crippen molar-refractivity contribution in [3.8, 4) is 0 Å². The summed E-state index contributed by atoms with van der Waals surface area (Å²) >= 11 is 0. The number of nitrogens with zero attached hydrogens (tertiary/aromatic N) is 1. The topological polar surface area (TPSA) is 73.5 Å². The number of carbonyl (C=O) groups is 2. The molecular weight excluding hydrogens is 315 g/mol. The highest BCUT2D eigenvalue weighted by Crippen LogP contribution is 2.17. The summed E-state index contributed by atoms with van der Waals surface area (Å²) in [6, 6.07) is -0.104. The molecule has 0 aromatic heterocycles. The molecule has 0 atom stereocenters. The van der Waals surface area contributed by atoms with E-state index < -0.39 is 0 Å². The minimum absolute atomic E-state index is 0. The normalized spacial score (nSPS) is 19.8. The van der Waals surface area contributed by atoms with Gasteiger partial charge in [-0.15, -0.1) is 24.8 Å². The third kappa shape index (κ3) is 7.85. The van der Waals surface area contributed by atoms with Crippen molar-refractivity contribution in [2.75, 3.05) is 32.7 Å². The maximum absolute atomic E-state index is 11.7. The Bertz CT molecular complexity index is 289. The van der Waals surface area contributed by atoms with Gasteiger partial charge in [-0.1, -0.05) is 19.3 Å². The van der Waals surface area contributed by atoms with E-state index in [-0.39, 0.29) is 42.8 Å². The third-order valence-electron chi connectivity index (χ3n) is 3.77. The number of hydrogen-bond donors (Lipinski definition) is 3. The van der Waals surface area contributed by atoms with E-state index in [1.807, 2.05) is 0 Å². The maximum atomic E-state index is 11.7. The van der Waals surface area contributed by atoms with Crippen molar-refractivity contribution in [3.63, 3.8) is 0 Å². The molecule has 8 heteroatoms. The van der Waals surface area contributed by atoms with E-state index in [0.29, 0.717) is 6.54 Å². The molecule has 6 nitrogen and oxygen atoms in total. The van der Waals surface area contributed by atoms with Crippen LogP contribution in [-0.4, -0.2) is 55.6 Å². The van der Waals surface area contributed by atoms with Gasteiger partial charge in [-0.25, -0.2) is 4.79 Å². The van der Waals surface area contributed by atoms with E-state index in [2.05, 4.69) is 20.9 Å². The predicted molar refractivity (Wildman–Crippen MR) is 87.4 cm³/mol. The zero-order valence-corrected chi connectivity index (χ0v) is 13.9. The van der Waals surface area contributed by atoms with Gasteiger partial charge in [0.05, 0.1) is 6.54 Å². The van der Waals surface area contributed by atoms with E-state index in [4.69, 9.17) is 0 Å². The van der Waals surface area contributed by atoms with Crippen molar-refractivity contribution < 1.29 is 9.59 Å². The lowest BCUT2D eigenvalue weighted by Crippen LogP contribution is -2.51. The zero-order chi connectivity index (χ0) is 13.5. The lowest BCUT2D eigenvalue weighted by molar-refractivity contribution is -0.121. The first-order valence-electron chi connectivity index (χ1n) is 7.27. The molecule has 1 heterocycles. The lowest BCUT2D eigenvalue weighted by atomic mass is 9.96. The van der Waals surface area contributed by atoms with Crippen LogP contribution in [0.15, 0.2) is 0 Å². The Morgan fingerprint density at radius 2 is 1.67 bits per heavy atom. The van der Waals surface area contributed by atoms with E-state index in [9.17, 15) is 9.59 Å². The number of nitrogens with one attached hydrogen (secondary N) is 3. The van der Waals surface area contributed by atoms with Crippen molar-refractivity contribution in [2.24, 2.45) is 0 Å². The fourth-order valence-electron chi connectivity index (χ4n) is 2.71.